The highest BCUT2D eigenvalue weighted by Gasteiger charge is 2.55. The van der Waals surface area contributed by atoms with Gasteiger partial charge in [0.05, 0.1) is 63.7 Å². The van der Waals surface area contributed by atoms with Crippen LogP contribution in [0.1, 0.15) is 115 Å². The Morgan fingerprint density at radius 2 is 1.12 bits per heavy atom. The first-order valence-electron chi connectivity index (χ1n) is 26.6. The average molecular weight is 1140 g/mol. The summed E-state index contributed by atoms with van der Waals surface area (Å²) in [4.78, 5) is 81.9. The molecule has 4 amide bonds. The molecule has 0 aliphatic carbocycles. The summed E-state index contributed by atoms with van der Waals surface area (Å²) in [6.45, 7) is 34.5. The molecule has 0 saturated carbocycles. The number of aryl methyl sites for hydroxylation is 2. The lowest BCUT2D eigenvalue weighted by Crippen LogP contribution is -2.59. The van der Waals surface area contributed by atoms with Crippen LogP contribution in [0.5, 0.6) is 23.0 Å². The molecule has 3 aliphatic heterocycles. The predicted octanol–water partition coefficient (Wildman–Crippen LogP) is 8.70. The Kier molecular flexibility index (Phi) is 23.5. The molecule has 6 atom stereocenters. The third-order valence-electron chi connectivity index (χ3n) is 12.9. The van der Waals surface area contributed by atoms with Crippen LogP contribution in [0.2, 0.25) is 0 Å². The van der Waals surface area contributed by atoms with E-state index in [0.29, 0.717) is 40.5 Å². The van der Waals surface area contributed by atoms with Crippen LogP contribution in [0.3, 0.4) is 0 Å². The van der Waals surface area contributed by atoms with Gasteiger partial charge in [0, 0.05) is 25.0 Å². The molecule has 3 heterocycles. The maximum atomic E-state index is 13.9. The van der Waals surface area contributed by atoms with E-state index in [4.69, 9.17) is 52.1 Å². The number of ether oxygens (including phenoxy) is 11. The normalized spacial score (nSPS) is 19.3. The maximum absolute atomic E-state index is 13.9. The second kappa shape index (κ2) is 28.8. The van der Waals surface area contributed by atoms with Crippen molar-refractivity contribution in [2.75, 3.05) is 67.1 Å². The minimum Gasteiger partial charge on any atom is -0.493 e. The first-order chi connectivity index (χ1) is 38.0. The Hall–Kier alpha value is -7.46. The first-order valence-corrected chi connectivity index (χ1v) is 26.6. The molecule has 0 radical (unpaired) electrons. The molecule has 3 aliphatic rings. The number of aliphatic hydroxyl groups is 1. The van der Waals surface area contributed by atoms with Crippen molar-refractivity contribution in [1.29, 1.82) is 0 Å². The molecular weight excluding hydrogens is 1050 g/mol. The van der Waals surface area contributed by atoms with Crippen molar-refractivity contribution in [2.24, 2.45) is 0 Å². The van der Waals surface area contributed by atoms with Crippen molar-refractivity contribution in [1.82, 2.24) is 20.0 Å². The maximum Gasteiger partial charge on any atom is 0.412 e. The number of rotatable bonds is 20. The summed E-state index contributed by atoms with van der Waals surface area (Å²) in [6.07, 6.45) is 3.80. The number of hydrogen-bond acceptors (Lipinski definition) is 18. The van der Waals surface area contributed by atoms with E-state index in [2.05, 4.69) is 31.6 Å². The van der Waals surface area contributed by atoms with Gasteiger partial charge < -0.3 is 62.5 Å². The van der Waals surface area contributed by atoms with Crippen molar-refractivity contribution in [3.63, 3.8) is 0 Å². The van der Waals surface area contributed by atoms with Gasteiger partial charge in [-0.25, -0.2) is 19.2 Å². The van der Waals surface area contributed by atoms with Crippen LogP contribution >= 0.6 is 0 Å². The topological polar surface area (TPSA) is 246 Å². The number of amides is 4. The Morgan fingerprint density at radius 3 is 1.56 bits per heavy atom. The predicted molar refractivity (Wildman–Crippen MR) is 299 cm³/mol. The lowest BCUT2D eigenvalue weighted by atomic mass is 9.82. The molecule has 5 rings (SSSR count). The Balaban J connectivity index is 0.000000350. The quantitative estimate of drug-likeness (QED) is 0.0715. The van der Waals surface area contributed by atoms with Crippen molar-refractivity contribution < 1.29 is 86.0 Å². The third kappa shape index (κ3) is 16.8. The number of methoxy groups -OCH3 is 2. The standard InChI is InChI=1S/C31H44N2O9.C28H40N2O9/c1-11-13-38-27-24-21(15-19(3)26(27)37-10)16-22(17-40-20(4)34)32(28(35)39-14-12-2)25(24)23-18-41-31(8,9)33(23)29(36)42-30(5,6)7;1-9-11-36-25-22-19(13-17(3)24(25)35-8)14-20(16-38-18(4)32)30(27(34)37-12-10-2)23(22)21(15-31)29-26(33)39-28(5,6)7/h11-12,15,22-23,25H,1-2,13-14,16-18H2,3-10H3;9-10,13,20-21,23,31H,1-2,11-12,14-16H2,3-8H3,(H,29,33)/t22-,23?,25-;20-,21?,23-/m00/s1. The molecule has 2 N–H and O–H groups in total. The summed E-state index contributed by atoms with van der Waals surface area (Å²) in [6, 6.07) is -1.19. The summed E-state index contributed by atoms with van der Waals surface area (Å²) < 4.78 is 62.8. The van der Waals surface area contributed by atoms with Crippen LogP contribution in [-0.4, -0.2) is 164 Å². The monoisotopic (exact) mass is 1140 g/mol. The molecule has 448 valence electrons. The summed E-state index contributed by atoms with van der Waals surface area (Å²) in [5.74, 6) is 0.641. The van der Waals surface area contributed by atoms with E-state index in [9.17, 15) is 33.9 Å². The summed E-state index contributed by atoms with van der Waals surface area (Å²) >= 11 is 0. The molecule has 1 saturated heterocycles. The summed E-state index contributed by atoms with van der Waals surface area (Å²) in [5, 5.41) is 13.2. The van der Waals surface area contributed by atoms with E-state index in [0.717, 1.165) is 22.3 Å². The lowest BCUT2D eigenvalue weighted by Gasteiger charge is -2.47. The summed E-state index contributed by atoms with van der Waals surface area (Å²) in [7, 11) is 3.04. The van der Waals surface area contributed by atoms with E-state index < -0.39 is 96.1 Å². The molecule has 0 aromatic heterocycles. The van der Waals surface area contributed by atoms with Crippen LogP contribution < -0.4 is 24.3 Å². The van der Waals surface area contributed by atoms with Gasteiger partial charge in [0.1, 0.15) is 56.6 Å². The highest BCUT2D eigenvalue weighted by Crippen LogP contribution is 2.51. The molecule has 2 aromatic rings. The average Bonchev–Trinajstić information content (AvgIpc) is 3.84. The van der Waals surface area contributed by atoms with E-state index >= 15 is 0 Å². The van der Waals surface area contributed by atoms with Crippen LogP contribution in [0.4, 0.5) is 19.2 Å². The number of carbonyl (C=O) groups excluding carboxylic acids is 6. The zero-order valence-corrected chi connectivity index (χ0v) is 49.6. The number of hydrogen-bond donors (Lipinski definition) is 2. The van der Waals surface area contributed by atoms with Crippen LogP contribution in [0.15, 0.2) is 62.8 Å². The molecule has 81 heavy (non-hydrogen) atoms. The number of carbonyl (C=O) groups is 6. The fourth-order valence-electron chi connectivity index (χ4n) is 10.0. The van der Waals surface area contributed by atoms with Crippen molar-refractivity contribution in [3.05, 3.63) is 96.1 Å². The van der Waals surface area contributed by atoms with Crippen LogP contribution in [-0.2, 0) is 55.6 Å². The van der Waals surface area contributed by atoms with Crippen LogP contribution in [0, 0.1) is 13.8 Å². The fraction of sp³-hybridized carbons (Fsp3) is 0.559. The minimum absolute atomic E-state index is 0.0469. The SMILES string of the molecule is C=CCOC(=O)N1[C@H](COC(C)=O)Cc2cc(C)c(OC)c(OCC=C)c2[C@@H]1C(CO)NC(=O)OC(C)(C)C.C=CCOC(=O)N1[C@H](COC(C)=O)Cc2cc(C)c(OC)c(OCC=C)c2[C@@H]1C1COC(C)(C)N1C(=O)OC(C)(C)C. The minimum atomic E-state index is -1.08. The van der Waals surface area contributed by atoms with Crippen molar-refractivity contribution in [3.8, 4) is 23.0 Å². The van der Waals surface area contributed by atoms with Crippen molar-refractivity contribution in [2.45, 2.75) is 149 Å². The molecule has 1 fully saturated rings. The number of nitrogens with zero attached hydrogens (tertiary/aromatic N) is 3. The van der Waals surface area contributed by atoms with Crippen LogP contribution in [0.25, 0.3) is 0 Å². The molecule has 0 spiro atoms. The van der Waals surface area contributed by atoms with E-state index in [1.807, 2.05) is 26.0 Å². The van der Waals surface area contributed by atoms with Gasteiger partial charge >= 0.3 is 36.3 Å². The number of nitrogens with one attached hydrogen (secondary N) is 1. The van der Waals surface area contributed by atoms with Gasteiger partial charge in [-0.05, 0) is 104 Å². The number of esters is 2. The molecule has 22 heteroatoms. The zero-order valence-electron chi connectivity index (χ0n) is 49.6. The smallest absolute Gasteiger partial charge is 0.412 e. The zero-order chi connectivity index (χ0) is 60.7. The molecule has 0 bridgehead atoms. The highest BCUT2D eigenvalue weighted by atomic mass is 16.6. The number of aliphatic hydroxyl groups excluding tert-OH is 1. The van der Waals surface area contributed by atoms with Gasteiger partial charge in [-0.15, -0.1) is 0 Å². The Labute approximate surface area is 476 Å². The first kappa shape index (κ1) is 66.1. The van der Waals surface area contributed by atoms with Gasteiger partial charge in [-0.2, -0.15) is 0 Å². The largest absolute Gasteiger partial charge is 0.493 e. The van der Waals surface area contributed by atoms with E-state index in [-0.39, 0.29) is 52.7 Å². The van der Waals surface area contributed by atoms with Gasteiger partial charge in [0.25, 0.3) is 0 Å². The van der Waals surface area contributed by atoms with Gasteiger partial charge in [0.2, 0.25) is 0 Å². The number of fused-ring (bicyclic) bond motifs is 2. The molecular formula is C59H84N4O18. The molecule has 2 aromatic carbocycles. The Morgan fingerprint density at radius 1 is 0.679 bits per heavy atom. The highest BCUT2D eigenvalue weighted by molar-refractivity contribution is 5.75. The van der Waals surface area contributed by atoms with Gasteiger partial charge in [-0.3, -0.25) is 24.3 Å². The van der Waals surface area contributed by atoms with E-state index in [1.165, 1.54) is 47.8 Å². The molecule has 22 nitrogen and oxygen atoms in total. The third-order valence-corrected chi connectivity index (χ3v) is 12.9. The van der Waals surface area contributed by atoms with Gasteiger partial charge in [0.15, 0.2) is 23.0 Å². The number of alkyl carbamates (subject to hydrolysis) is 1. The second-order valence-electron chi connectivity index (χ2n) is 21.8. The fourth-order valence-corrected chi connectivity index (χ4v) is 10.0. The lowest BCUT2D eigenvalue weighted by molar-refractivity contribution is -0.144. The molecule has 2 unspecified atom stereocenters. The second-order valence-corrected chi connectivity index (χ2v) is 21.8. The number of benzene rings is 2. The van der Waals surface area contributed by atoms with Gasteiger partial charge in [-0.1, -0.05) is 62.8 Å². The Bertz CT molecular complexity index is 2620. The van der Waals surface area contributed by atoms with E-state index in [1.54, 1.807) is 74.7 Å². The van der Waals surface area contributed by atoms with Crippen molar-refractivity contribution >= 4 is 36.3 Å². The summed E-state index contributed by atoms with van der Waals surface area (Å²) in [5.41, 5.74) is 1.64.